The van der Waals surface area contributed by atoms with Gasteiger partial charge in [-0.2, -0.15) is 0 Å². The zero-order valence-electron chi connectivity index (χ0n) is 10.1. The highest BCUT2D eigenvalue weighted by atomic mass is 35.5. The lowest BCUT2D eigenvalue weighted by molar-refractivity contribution is 0.400. The van der Waals surface area contributed by atoms with Crippen molar-refractivity contribution in [3.63, 3.8) is 0 Å². The van der Waals surface area contributed by atoms with Crippen molar-refractivity contribution in [3.05, 3.63) is 20.8 Å². The van der Waals surface area contributed by atoms with Gasteiger partial charge in [0.25, 0.3) is 0 Å². The zero-order chi connectivity index (χ0) is 11.5. The van der Waals surface area contributed by atoms with Crippen molar-refractivity contribution in [2.24, 2.45) is 0 Å². The third-order valence-corrected chi connectivity index (χ3v) is 4.75. The van der Waals surface area contributed by atoms with E-state index in [2.05, 4.69) is 25.2 Å². The molecule has 1 heterocycles. The van der Waals surface area contributed by atoms with Crippen molar-refractivity contribution in [1.29, 1.82) is 0 Å². The molecule has 1 aliphatic carbocycles. The van der Waals surface area contributed by atoms with Crippen LogP contribution in [0.15, 0.2) is 6.07 Å². The normalized spacial score (nSPS) is 21.1. The van der Waals surface area contributed by atoms with Crippen LogP contribution in [0.2, 0.25) is 4.34 Å². The summed E-state index contributed by atoms with van der Waals surface area (Å²) in [6.45, 7) is 4.52. The predicted octanol–water partition coefficient (Wildman–Crippen LogP) is 4.56. The van der Waals surface area contributed by atoms with Gasteiger partial charge in [-0.1, -0.05) is 31.9 Å². The number of fused-ring (bicyclic) bond motifs is 1. The monoisotopic (exact) mass is 257 g/mol. The molecule has 0 spiro atoms. The summed E-state index contributed by atoms with van der Waals surface area (Å²) in [5.41, 5.74) is 1.46. The van der Waals surface area contributed by atoms with Crippen molar-refractivity contribution < 1.29 is 0 Å². The van der Waals surface area contributed by atoms with Gasteiger partial charge in [-0.25, -0.2) is 0 Å². The molecular formula is C13H20ClNS. The summed E-state index contributed by atoms with van der Waals surface area (Å²) < 4.78 is 0.944. The SMILES string of the molecule is CCCC(CC)NC1CCc2sc(Cl)cc21. The van der Waals surface area contributed by atoms with Gasteiger partial charge < -0.3 is 5.32 Å². The molecule has 0 aromatic carbocycles. The third-order valence-electron chi connectivity index (χ3n) is 3.41. The van der Waals surface area contributed by atoms with Gasteiger partial charge in [0.1, 0.15) is 0 Å². The molecule has 90 valence electrons. The lowest BCUT2D eigenvalue weighted by Crippen LogP contribution is -2.31. The molecule has 1 N–H and O–H groups in total. The van der Waals surface area contributed by atoms with Crippen LogP contribution in [0.25, 0.3) is 0 Å². The molecule has 1 nitrogen and oxygen atoms in total. The lowest BCUT2D eigenvalue weighted by atomic mass is 10.1. The highest BCUT2D eigenvalue weighted by Gasteiger charge is 2.26. The molecule has 0 amide bonds. The van der Waals surface area contributed by atoms with E-state index in [1.54, 1.807) is 11.3 Å². The van der Waals surface area contributed by atoms with E-state index in [4.69, 9.17) is 11.6 Å². The molecule has 1 aromatic rings. The molecule has 16 heavy (non-hydrogen) atoms. The van der Waals surface area contributed by atoms with E-state index in [1.165, 1.54) is 42.5 Å². The van der Waals surface area contributed by atoms with Crippen molar-refractivity contribution in [2.75, 3.05) is 0 Å². The minimum absolute atomic E-state index is 0.551. The molecule has 2 rings (SSSR count). The standard InChI is InChI=1S/C13H20ClNS/c1-3-5-9(4-2)15-11-6-7-12-10(11)8-13(14)16-12/h8-9,11,15H,3-7H2,1-2H3. The van der Waals surface area contributed by atoms with E-state index in [0.29, 0.717) is 12.1 Å². The van der Waals surface area contributed by atoms with E-state index in [-0.39, 0.29) is 0 Å². The lowest BCUT2D eigenvalue weighted by Gasteiger charge is -2.21. The maximum atomic E-state index is 6.07. The number of rotatable bonds is 5. The van der Waals surface area contributed by atoms with Crippen LogP contribution in [0.1, 0.15) is 56.0 Å². The second-order valence-corrected chi connectivity index (χ2v) is 6.35. The Morgan fingerprint density at radius 1 is 1.56 bits per heavy atom. The first-order valence-corrected chi connectivity index (χ1v) is 7.48. The summed E-state index contributed by atoms with van der Waals surface area (Å²) in [7, 11) is 0. The molecule has 3 heteroatoms. The van der Waals surface area contributed by atoms with Gasteiger partial charge in [-0.05, 0) is 37.3 Å². The van der Waals surface area contributed by atoms with Crippen LogP contribution in [0, 0.1) is 0 Å². The first kappa shape index (κ1) is 12.4. The molecule has 0 saturated carbocycles. The van der Waals surface area contributed by atoms with Gasteiger partial charge in [0.05, 0.1) is 4.34 Å². The van der Waals surface area contributed by atoms with E-state index < -0.39 is 0 Å². The molecule has 0 fully saturated rings. The average molecular weight is 258 g/mol. The number of nitrogens with one attached hydrogen (secondary N) is 1. The first-order valence-electron chi connectivity index (χ1n) is 6.28. The molecule has 1 aliphatic rings. The van der Waals surface area contributed by atoms with E-state index in [0.717, 1.165) is 4.34 Å². The number of hydrogen-bond acceptors (Lipinski definition) is 2. The van der Waals surface area contributed by atoms with Crippen molar-refractivity contribution in [1.82, 2.24) is 5.32 Å². The summed E-state index contributed by atoms with van der Waals surface area (Å²) in [6, 6.07) is 3.38. The summed E-state index contributed by atoms with van der Waals surface area (Å²) in [4.78, 5) is 1.49. The smallest absolute Gasteiger partial charge is 0.0934 e. The van der Waals surface area contributed by atoms with Crippen molar-refractivity contribution in [2.45, 2.75) is 58.0 Å². The van der Waals surface area contributed by atoms with Crippen molar-refractivity contribution >= 4 is 22.9 Å². The predicted molar refractivity (Wildman–Crippen MR) is 72.5 cm³/mol. The molecule has 2 unspecified atom stereocenters. The number of halogens is 1. The molecule has 0 bridgehead atoms. The fraction of sp³-hybridized carbons (Fsp3) is 0.692. The van der Waals surface area contributed by atoms with E-state index in [1.807, 2.05) is 0 Å². The van der Waals surface area contributed by atoms with E-state index >= 15 is 0 Å². The zero-order valence-corrected chi connectivity index (χ0v) is 11.6. The van der Waals surface area contributed by atoms with Crippen LogP contribution in [0.4, 0.5) is 0 Å². The fourth-order valence-corrected chi connectivity index (χ4v) is 3.90. The van der Waals surface area contributed by atoms with Gasteiger partial charge in [-0.3, -0.25) is 0 Å². The van der Waals surface area contributed by atoms with Crippen LogP contribution < -0.4 is 5.32 Å². The first-order chi connectivity index (χ1) is 7.74. The second kappa shape index (κ2) is 5.52. The Labute approximate surface area is 107 Å². The minimum Gasteiger partial charge on any atom is -0.307 e. The molecule has 1 aromatic heterocycles. The molecular weight excluding hydrogens is 238 g/mol. The molecule has 2 atom stereocenters. The van der Waals surface area contributed by atoms with Gasteiger partial charge in [0.15, 0.2) is 0 Å². The number of thiophene rings is 1. The quantitative estimate of drug-likeness (QED) is 0.816. The summed E-state index contributed by atoms with van der Waals surface area (Å²) >= 11 is 7.82. The van der Waals surface area contributed by atoms with Crippen LogP contribution in [-0.2, 0) is 6.42 Å². The maximum absolute atomic E-state index is 6.07. The topological polar surface area (TPSA) is 12.0 Å². The number of hydrogen-bond donors (Lipinski definition) is 1. The average Bonchev–Trinajstić information content (AvgIpc) is 2.78. The van der Waals surface area contributed by atoms with Gasteiger partial charge in [0, 0.05) is 17.0 Å². The van der Waals surface area contributed by atoms with Crippen LogP contribution in [0.5, 0.6) is 0 Å². The Bertz CT molecular complexity index is 348. The Kier molecular flexibility index (Phi) is 4.28. The van der Waals surface area contributed by atoms with Crippen LogP contribution >= 0.6 is 22.9 Å². The highest BCUT2D eigenvalue weighted by molar-refractivity contribution is 7.16. The third kappa shape index (κ3) is 2.61. The summed E-state index contributed by atoms with van der Waals surface area (Å²) in [5, 5.41) is 3.78. The minimum atomic E-state index is 0.551. The highest BCUT2D eigenvalue weighted by Crippen LogP contribution is 2.39. The Hall–Kier alpha value is -0.0500. The van der Waals surface area contributed by atoms with Crippen LogP contribution in [0.3, 0.4) is 0 Å². The van der Waals surface area contributed by atoms with Gasteiger partial charge in [-0.15, -0.1) is 11.3 Å². The largest absolute Gasteiger partial charge is 0.307 e. The van der Waals surface area contributed by atoms with E-state index in [9.17, 15) is 0 Å². The molecule has 0 saturated heterocycles. The summed E-state index contributed by atoms with van der Waals surface area (Å²) in [5.74, 6) is 0. The Balaban J connectivity index is 2.01. The molecule has 0 radical (unpaired) electrons. The molecule has 0 aliphatic heterocycles. The fourth-order valence-electron chi connectivity index (χ4n) is 2.54. The maximum Gasteiger partial charge on any atom is 0.0934 e. The van der Waals surface area contributed by atoms with Crippen LogP contribution in [-0.4, -0.2) is 6.04 Å². The Morgan fingerprint density at radius 2 is 2.38 bits per heavy atom. The van der Waals surface area contributed by atoms with Gasteiger partial charge in [0.2, 0.25) is 0 Å². The van der Waals surface area contributed by atoms with Crippen molar-refractivity contribution in [3.8, 4) is 0 Å². The Morgan fingerprint density at radius 3 is 3.06 bits per heavy atom. The number of aryl methyl sites for hydroxylation is 1. The second-order valence-electron chi connectivity index (χ2n) is 4.58. The summed E-state index contributed by atoms with van der Waals surface area (Å²) in [6.07, 6.45) is 6.21. The van der Waals surface area contributed by atoms with Gasteiger partial charge >= 0.3 is 0 Å².